The summed E-state index contributed by atoms with van der Waals surface area (Å²) in [6.45, 7) is 3.90. The van der Waals surface area contributed by atoms with E-state index in [4.69, 9.17) is 9.47 Å². The summed E-state index contributed by atoms with van der Waals surface area (Å²) in [7, 11) is 0. The third-order valence-electron chi connectivity index (χ3n) is 2.88. The number of rotatable bonds is 7. The van der Waals surface area contributed by atoms with E-state index in [9.17, 15) is 9.59 Å². The van der Waals surface area contributed by atoms with Crippen molar-refractivity contribution < 1.29 is 19.1 Å². The van der Waals surface area contributed by atoms with Gasteiger partial charge < -0.3 is 9.47 Å². The van der Waals surface area contributed by atoms with Crippen molar-refractivity contribution in [3.63, 3.8) is 0 Å². The number of hydrogen-bond donors (Lipinski definition) is 1. The van der Waals surface area contributed by atoms with E-state index in [0.717, 1.165) is 5.56 Å². The van der Waals surface area contributed by atoms with Crippen LogP contribution in [0.1, 0.15) is 18.2 Å². The molecule has 7 heteroatoms. The average Bonchev–Trinajstić information content (AvgIpc) is 2.93. The van der Waals surface area contributed by atoms with E-state index in [1.54, 1.807) is 12.3 Å². The number of amides is 1. The quantitative estimate of drug-likeness (QED) is 0.788. The minimum Gasteiger partial charge on any atom is -0.483 e. The lowest BCUT2D eigenvalue weighted by Crippen LogP contribution is -2.20. The van der Waals surface area contributed by atoms with Crippen LogP contribution in [-0.4, -0.2) is 30.1 Å². The zero-order valence-electron chi connectivity index (χ0n) is 13.0. The highest BCUT2D eigenvalue weighted by Crippen LogP contribution is 2.18. The molecule has 0 saturated carbocycles. The van der Waals surface area contributed by atoms with E-state index >= 15 is 0 Å². The lowest BCUT2D eigenvalue weighted by atomic mass is 10.2. The molecular weight excluding hydrogens is 316 g/mol. The molecule has 2 aromatic rings. The Morgan fingerprint density at radius 3 is 2.83 bits per heavy atom. The van der Waals surface area contributed by atoms with E-state index in [2.05, 4.69) is 10.3 Å². The van der Waals surface area contributed by atoms with Crippen LogP contribution in [-0.2, 0) is 20.7 Å². The molecule has 23 heavy (non-hydrogen) atoms. The molecule has 0 spiro atoms. The largest absolute Gasteiger partial charge is 0.483 e. The van der Waals surface area contributed by atoms with Crippen molar-refractivity contribution in [1.82, 2.24) is 4.98 Å². The van der Waals surface area contributed by atoms with Crippen LogP contribution in [0.25, 0.3) is 0 Å². The molecule has 0 fully saturated rings. The highest BCUT2D eigenvalue weighted by molar-refractivity contribution is 7.13. The number of aryl methyl sites for hydroxylation is 1. The molecule has 0 atom stereocenters. The Kier molecular flexibility index (Phi) is 6.10. The van der Waals surface area contributed by atoms with Gasteiger partial charge in [-0.15, -0.1) is 11.3 Å². The number of carbonyl (C=O) groups excluding carboxylic acids is 2. The predicted octanol–water partition coefficient (Wildman–Crippen LogP) is 2.57. The normalized spacial score (nSPS) is 10.2. The van der Waals surface area contributed by atoms with Gasteiger partial charge in [0.25, 0.3) is 5.91 Å². The Hall–Kier alpha value is -2.41. The van der Waals surface area contributed by atoms with Gasteiger partial charge in [0.2, 0.25) is 0 Å². The molecule has 0 aliphatic carbocycles. The van der Waals surface area contributed by atoms with Crippen LogP contribution >= 0.6 is 11.3 Å². The van der Waals surface area contributed by atoms with Gasteiger partial charge in [-0.3, -0.25) is 14.9 Å². The lowest BCUT2D eigenvalue weighted by Gasteiger charge is -2.08. The summed E-state index contributed by atoms with van der Waals surface area (Å²) in [5.74, 6) is 0.0358. The van der Waals surface area contributed by atoms with Gasteiger partial charge in [0.05, 0.1) is 18.7 Å². The first-order valence-corrected chi connectivity index (χ1v) is 8.04. The monoisotopic (exact) mass is 334 g/mol. The molecule has 0 saturated heterocycles. The SMILES string of the molecule is CCOC(=O)Cc1csc(NC(=O)COc2ccccc2C)n1. The third-order valence-corrected chi connectivity index (χ3v) is 3.69. The molecule has 2 rings (SSSR count). The van der Waals surface area contributed by atoms with Crippen molar-refractivity contribution in [3.05, 3.63) is 40.9 Å². The first kappa shape index (κ1) is 17.0. The van der Waals surface area contributed by atoms with Gasteiger partial charge in [0.15, 0.2) is 11.7 Å². The topological polar surface area (TPSA) is 77.5 Å². The molecule has 1 aromatic carbocycles. The number of ether oxygens (including phenoxy) is 2. The van der Waals surface area contributed by atoms with Gasteiger partial charge in [-0.2, -0.15) is 0 Å². The highest BCUT2D eigenvalue weighted by Gasteiger charge is 2.11. The fourth-order valence-electron chi connectivity index (χ4n) is 1.82. The van der Waals surface area contributed by atoms with Crippen molar-refractivity contribution in [1.29, 1.82) is 0 Å². The summed E-state index contributed by atoms with van der Waals surface area (Å²) in [6, 6.07) is 7.48. The van der Waals surface area contributed by atoms with E-state index in [1.807, 2.05) is 31.2 Å². The van der Waals surface area contributed by atoms with E-state index in [1.165, 1.54) is 11.3 Å². The molecule has 6 nitrogen and oxygen atoms in total. The molecule has 0 aliphatic heterocycles. The molecule has 122 valence electrons. The number of aromatic nitrogens is 1. The second-order valence-electron chi connectivity index (χ2n) is 4.73. The van der Waals surface area contributed by atoms with Crippen molar-refractivity contribution in [2.75, 3.05) is 18.5 Å². The number of esters is 1. The van der Waals surface area contributed by atoms with Crippen molar-refractivity contribution >= 4 is 28.3 Å². The standard InChI is InChI=1S/C16H18N2O4S/c1-3-21-15(20)8-12-10-23-16(17-12)18-14(19)9-22-13-7-5-4-6-11(13)2/h4-7,10H,3,8-9H2,1-2H3,(H,17,18,19). The Bertz CT molecular complexity index is 684. The first-order chi connectivity index (χ1) is 11.1. The number of nitrogens with one attached hydrogen (secondary N) is 1. The fraction of sp³-hybridized carbons (Fsp3) is 0.312. The highest BCUT2D eigenvalue weighted by atomic mass is 32.1. The number of thiazole rings is 1. The van der Waals surface area contributed by atoms with E-state index < -0.39 is 0 Å². The lowest BCUT2D eigenvalue weighted by molar-refractivity contribution is -0.142. The smallest absolute Gasteiger partial charge is 0.311 e. The first-order valence-electron chi connectivity index (χ1n) is 7.16. The van der Waals surface area contributed by atoms with Gasteiger partial charge in [0, 0.05) is 5.38 Å². The summed E-state index contributed by atoms with van der Waals surface area (Å²) in [5, 5.41) is 4.80. The van der Waals surface area contributed by atoms with Crippen LogP contribution in [0.4, 0.5) is 5.13 Å². The second kappa shape index (κ2) is 8.28. The number of benzene rings is 1. The summed E-state index contributed by atoms with van der Waals surface area (Å²) in [4.78, 5) is 27.4. The summed E-state index contributed by atoms with van der Waals surface area (Å²) >= 11 is 1.26. The number of carbonyl (C=O) groups is 2. The van der Waals surface area contributed by atoms with Crippen LogP contribution in [0.15, 0.2) is 29.6 Å². The molecule has 1 aromatic heterocycles. The Balaban J connectivity index is 1.82. The van der Waals surface area contributed by atoms with E-state index in [0.29, 0.717) is 23.2 Å². The van der Waals surface area contributed by atoms with Crippen LogP contribution in [0.5, 0.6) is 5.75 Å². The van der Waals surface area contributed by atoms with Gasteiger partial charge in [-0.1, -0.05) is 18.2 Å². The fourth-order valence-corrected chi connectivity index (χ4v) is 2.55. The second-order valence-corrected chi connectivity index (χ2v) is 5.59. The van der Waals surface area contributed by atoms with Crippen molar-refractivity contribution in [2.24, 2.45) is 0 Å². The molecule has 0 unspecified atom stereocenters. The number of hydrogen-bond acceptors (Lipinski definition) is 6. The zero-order chi connectivity index (χ0) is 16.7. The number of nitrogens with zero attached hydrogens (tertiary/aromatic N) is 1. The van der Waals surface area contributed by atoms with Crippen LogP contribution in [0, 0.1) is 6.92 Å². The van der Waals surface area contributed by atoms with E-state index in [-0.39, 0.29) is 24.9 Å². The predicted molar refractivity (Wildman–Crippen MR) is 87.8 cm³/mol. The maximum atomic E-state index is 11.9. The average molecular weight is 334 g/mol. The molecule has 1 N–H and O–H groups in total. The van der Waals surface area contributed by atoms with Crippen LogP contribution < -0.4 is 10.1 Å². The zero-order valence-corrected chi connectivity index (χ0v) is 13.8. The molecule has 1 amide bonds. The maximum absolute atomic E-state index is 11.9. The van der Waals surface area contributed by atoms with Gasteiger partial charge in [-0.05, 0) is 25.5 Å². The summed E-state index contributed by atoms with van der Waals surface area (Å²) < 4.78 is 10.3. The van der Waals surface area contributed by atoms with Crippen LogP contribution in [0.2, 0.25) is 0 Å². The van der Waals surface area contributed by atoms with Gasteiger partial charge >= 0.3 is 5.97 Å². The molecule has 0 aliphatic rings. The number of anilines is 1. The molecule has 0 radical (unpaired) electrons. The minimum absolute atomic E-state index is 0.0971. The Labute approximate surface area is 138 Å². The Morgan fingerprint density at radius 2 is 2.09 bits per heavy atom. The molecule has 1 heterocycles. The Morgan fingerprint density at radius 1 is 1.30 bits per heavy atom. The molecule has 0 bridgehead atoms. The van der Waals surface area contributed by atoms with Gasteiger partial charge in [0.1, 0.15) is 5.75 Å². The third kappa shape index (κ3) is 5.37. The van der Waals surface area contributed by atoms with Gasteiger partial charge in [-0.25, -0.2) is 4.98 Å². The van der Waals surface area contributed by atoms with Crippen molar-refractivity contribution in [3.8, 4) is 5.75 Å². The maximum Gasteiger partial charge on any atom is 0.311 e. The minimum atomic E-state index is -0.335. The summed E-state index contributed by atoms with van der Waals surface area (Å²) in [6.07, 6.45) is 0.0971. The van der Waals surface area contributed by atoms with Crippen molar-refractivity contribution in [2.45, 2.75) is 20.3 Å². The summed E-state index contributed by atoms with van der Waals surface area (Å²) in [5.41, 5.74) is 1.54. The molecular formula is C16H18N2O4S. The number of para-hydroxylation sites is 1. The van der Waals surface area contributed by atoms with Crippen LogP contribution in [0.3, 0.4) is 0 Å².